The first-order chi connectivity index (χ1) is 7.79. The number of nitrogens with zero attached hydrogens (tertiary/aromatic N) is 2. The predicted octanol–water partition coefficient (Wildman–Crippen LogP) is 0.533. The highest BCUT2D eigenvalue weighted by molar-refractivity contribution is 5.76. The van der Waals surface area contributed by atoms with Gasteiger partial charge in [-0.2, -0.15) is 0 Å². The van der Waals surface area contributed by atoms with E-state index < -0.39 is 0 Å². The average Bonchev–Trinajstić information content (AvgIpc) is 2.64. The fraction of sp³-hybridized carbons (Fsp3) is 0.909. The molecule has 0 aromatic heterocycles. The van der Waals surface area contributed by atoms with E-state index in [0.717, 1.165) is 39.1 Å². The van der Waals surface area contributed by atoms with E-state index in [9.17, 15) is 4.79 Å². The van der Waals surface area contributed by atoms with E-state index in [0.29, 0.717) is 13.0 Å². The molecular weight excluding hydrogens is 208 g/mol. The van der Waals surface area contributed by atoms with Crippen molar-refractivity contribution in [2.24, 2.45) is 0 Å². The number of hydrogen-bond donors (Lipinski definition) is 1. The molecule has 0 aliphatic carbocycles. The SMILES string of the molecule is COCCCCN1CCN(CCCO)C1=O. The van der Waals surface area contributed by atoms with Gasteiger partial charge in [0.2, 0.25) is 0 Å². The Labute approximate surface area is 97.0 Å². The number of hydrogen-bond acceptors (Lipinski definition) is 3. The van der Waals surface area contributed by atoms with E-state index in [1.54, 1.807) is 7.11 Å². The normalized spacial score (nSPS) is 16.2. The Balaban J connectivity index is 2.17. The van der Waals surface area contributed by atoms with Gasteiger partial charge in [0.05, 0.1) is 0 Å². The van der Waals surface area contributed by atoms with Gasteiger partial charge < -0.3 is 19.6 Å². The topological polar surface area (TPSA) is 53.0 Å². The second-order valence-electron chi connectivity index (χ2n) is 4.03. The van der Waals surface area contributed by atoms with Crippen LogP contribution >= 0.6 is 0 Å². The van der Waals surface area contributed by atoms with Crippen LogP contribution in [-0.2, 0) is 4.74 Å². The molecule has 2 amide bonds. The molecule has 0 atom stereocenters. The summed E-state index contributed by atoms with van der Waals surface area (Å²) >= 11 is 0. The Morgan fingerprint density at radius 2 is 1.81 bits per heavy atom. The molecule has 0 radical (unpaired) electrons. The molecule has 0 aromatic carbocycles. The molecule has 1 heterocycles. The van der Waals surface area contributed by atoms with Crippen molar-refractivity contribution in [3.05, 3.63) is 0 Å². The van der Waals surface area contributed by atoms with Crippen LogP contribution in [0, 0.1) is 0 Å². The Morgan fingerprint density at radius 1 is 1.19 bits per heavy atom. The molecule has 0 aromatic rings. The molecule has 1 fully saturated rings. The fourth-order valence-electron chi connectivity index (χ4n) is 1.86. The van der Waals surface area contributed by atoms with E-state index in [1.807, 2.05) is 9.80 Å². The first-order valence-corrected chi connectivity index (χ1v) is 5.93. The maximum absolute atomic E-state index is 11.8. The lowest BCUT2D eigenvalue weighted by atomic mass is 10.3. The zero-order chi connectivity index (χ0) is 11.8. The smallest absolute Gasteiger partial charge is 0.320 e. The number of amides is 2. The van der Waals surface area contributed by atoms with Crippen molar-refractivity contribution in [1.82, 2.24) is 9.80 Å². The fourth-order valence-corrected chi connectivity index (χ4v) is 1.86. The highest BCUT2D eigenvalue weighted by Crippen LogP contribution is 2.10. The first kappa shape index (κ1) is 13.3. The van der Waals surface area contributed by atoms with Crippen LogP contribution in [0.2, 0.25) is 0 Å². The van der Waals surface area contributed by atoms with E-state index >= 15 is 0 Å². The third kappa shape index (κ3) is 3.98. The zero-order valence-corrected chi connectivity index (χ0v) is 10.0. The number of rotatable bonds is 8. The Kier molecular flexibility index (Phi) is 6.18. The van der Waals surface area contributed by atoms with Gasteiger partial charge in [-0.05, 0) is 19.3 Å². The summed E-state index contributed by atoms with van der Waals surface area (Å²) in [5, 5.41) is 8.71. The Bertz CT molecular complexity index is 211. The van der Waals surface area contributed by atoms with Gasteiger partial charge in [0, 0.05) is 46.5 Å². The molecule has 5 heteroatoms. The van der Waals surface area contributed by atoms with Crippen molar-refractivity contribution >= 4 is 6.03 Å². The maximum atomic E-state index is 11.8. The lowest BCUT2D eigenvalue weighted by Crippen LogP contribution is -2.33. The van der Waals surface area contributed by atoms with E-state index in [2.05, 4.69) is 0 Å². The number of aliphatic hydroxyl groups excluding tert-OH is 1. The summed E-state index contributed by atoms with van der Waals surface area (Å²) < 4.78 is 4.97. The third-order valence-corrected chi connectivity index (χ3v) is 2.79. The van der Waals surface area contributed by atoms with Gasteiger partial charge in [0.1, 0.15) is 0 Å². The molecule has 1 saturated heterocycles. The first-order valence-electron chi connectivity index (χ1n) is 5.93. The van der Waals surface area contributed by atoms with Crippen LogP contribution in [0.3, 0.4) is 0 Å². The van der Waals surface area contributed by atoms with Gasteiger partial charge in [0.25, 0.3) is 0 Å². The van der Waals surface area contributed by atoms with Gasteiger partial charge in [-0.1, -0.05) is 0 Å². The van der Waals surface area contributed by atoms with Crippen molar-refractivity contribution in [1.29, 1.82) is 0 Å². The number of ether oxygens (including phenoxy) is 1. The highest BCUT2D eigenvalue weighted by atomic mass is 16.5. The number of methoxy groups -OCH3 is 1. The summed E-state index contributed by atoms with van der Waals surface area (Å²) in [7, 11) is 1.69. The molecule has 1 rings (SSSR count). The lowest BCUT2D eigenvalue weighted by Gasteiger charge is -2.18. The van der Waals surface area contributed by atoms with Crippen LogP contribution in [0.15, 0.2) is 0 Å². The van der Waals surface area contributed by atoms with Crippen molar-refractivity contribution in [3.8, 4) is 0 Å². The Hall–Kier alpha value is -0.810. The second kappa shape index (κ2) is 7.46. The molecule has 0 unspecified atom stereocenters. The van der Waals surface area contributed by atoms with Crippen LogP contribution in [0.4, 0.5) is 4.79 Å². The van der Waals surface area contributed by atoms with Gasteiger partial charge >= 0.3 is 6.03 Å². The minimum atomic E-state index is 0.117. The van der Waals surface area contributed by atoms with E-state index in [-0.39, 0.29) is 12.6 Å². The van der Waals surface area contributed by atoms with Crippen molar-refractivity contribution in [3.63, 3.8) is 0 Å². The molecule has 0 spiro atoms. The van der Waals surface area contributed by atoms with E-state index in [4.69, 9.17) is 9.84 Å². The number of urea groups is 1. The summed E-state index contributed by atoms with van der Waals surface area (Å²) in [6, 6.07) is 0.117. The maximum Gasteiger partial charge on any atom is 0.320 e. The molecule has 1 aliphatic rings. The Morgan fingerprint density at radius 3 is 2.38 bits per heavy atom. The lowest BCUT2D eigenvalue weighted by molar-refractivity contribution is 0.177. The number of unbranched alkanes of at least 4 members (excludes halogenated alkanes) is 1. The third-order valence-electron chi connectivity index (χ3n) is 2.79. The number of aliphatic hydroxyl groups is 1. The minimum Gasteiger partial charge on any atom is -0.396 e. The summed E-state index contributed by atoms with van der Waals surface area (Å²) in [6.45, 7) is 4.01. The number of carbonyl (C=O) groups is 1. The van der Waals surface area contributed by atoms with Crippen LogP contribution < -0.4 is 0 Å². The van der Waals surface area contributed by atoms with Crippen LogP contribution in [0.1, 0.15) is 19.3 Å². The van der Waals surface area contributed by atoms with Crippen molar-refractivity contribution < 1.29 is 14.6 Å². The zero-order valence-electron chi connectivity index (χ0n) is 10.0. The summed E-state index contributed by atoms with van der Waals surface area (Å²) in [4.78, 5) is 15.5. The van der Waals surface area contributed by atoms with Gasteiger partial charge in [-0.3, -0.25) is 0 Å². The summed E-state index contributed by atoms with van der Waals surface area (Å²) in [5.74, 6) is 0. The average molecular weight is 230 g/mol. The molecule has 5 nitrogen and oxygen atoms in total. The standard InChI is InChI=1S/C11H22N2O3/c1-16-10-3-2-5-12-7-8-13(11(12)15)6-4-9-14/h14H,2-10H2,1H3. The molecular formula is C11H22N2O3. The van der Waals surface area contributed by atoms with Gasteiger partial charge in [0.15, 0.2) is 0 Å². The molecule has 0 bridgehead atoms. The molecule has 1 aliphatic heterocycles. The van der Waals surface area contributed by atoms with Crippen LogP contribution in [0.25, 0.3) is 0 Å². The predicted molar refractivity (Wildman–Crippen MR) is 61.4 cm³/mol. The van der Waals surface area contributed by atoms with Gasteiger partial charge in [-0.15, -0.1) is 0 Å². The summed E-state index contributed by atoms with van der Waals surface area (Å²) in [5.41, 5.74) is 0. The minimum absolute atomic E-state index is 0.117. The quantitative estimate of drug-likeness (QED) is 0.619. The molecule has 1 N–H and O–H groups in total. The highest BCUT2D eigenvalue weighted by Gasteiger charge is 2.26. The second-order valence-corrected chi connectivity index (χ2v) is 4.03. The number of carbonyl (C=O) groups excluding carboxylic acids is 1. The summed E-state index contributed by atoms with van der Waals surface area (Å²) in [6.07, 6.45) is 2.66. The van der Waals surface area contributed by atoms with Crippen LogP contribution in [0.5, 0.6) is 0 Å². The van der Waals surface area contributed by atoms with E-state index in [1.165, 1.54) is 0 Å². The van der Waals surface area contributed by atoms with Crippen LogP contribution in [-0.4, -0.2) is 67.4 Å². The molecule has 0 saturated carbocycles. The van der Waals surface area contributed by atoms with Crippen molar-refractivity contribution in [2.45, 2.75) is 19.3 Å². The molecule has 94 valence electrons. The molecule has 16 heavy (non-hydrogen) atoms. The van der Waals surface area contributed by atoms with Crippen molar-refractivity contribution in [2.75, 3.05) is 46.5 Å². The van der Waals surface area contributed by atoms with Gasteiger partial charge in [-0.25, -0.2) is 4.79 Å². The monoisotopic (exact) mass is 230 g/mol. The largest absolute Gasteiger partial charge is 0.396 e.